The van der Waals surface area contributed by atoms with Crippen molar-refractivity contribution in [3.8, 4) is 0 Å². The zero-order chi connectivity index (χ0) is 18.0. The zero-order valence-electron chi connectivity index (χ0n) is 13.0. The Bertz CT molecular complexity index is 769. The topological polar surface area (TPSA) is 54.0 Å². The number of nitrogens with one attached hydrogen (secondary N) is 2. The summed E-state index contributed by atoms with van der Waals surface area (Å²) in [5.74, 6) is -2.19. The summed E-state index contributed by atoms with van der Waals surface area (Å²) >= 11 is 1.26. The van der Waals surface area contributed by atoms with E-state index < -0.39 is 29.0 Å². The number of carbonyl (C=O) groups is 1. The molecule has 4 nitrogen and oxygen atoms in total. The molecule has 1 aliphatic heterocycles. The summed E-state index contributed by atoms with van der Waals surface area (Å²) in [6.45, 7) is 1.80. The quantitative estimate of drug-likeness (QED) is 0.799. The Balaban J connectivity index is 1.76. The molecule has 2 aromatic rings. The smallest absolute Gasteiger partial charge is 0.317 e. The lowest BCUT2D eigenvalue weighted by molar-refractivity contribution is -0.140. The summed E-state index contributed by atoms with van der Waals surface area (Å²) in [6, 6.07) is 2.62. The van der Waals surface area contributed by atoms with E-state index in [2.05, 4.69) is 15.6 Å². The predicted molar refractivity (Wildman–Crippen MR) is 86.3 cm³/mol. The molecule has 3 rings (SSSR count). The zero-order valence-corrected chi connectivity index (χ0v) is 13.8. The molecule has 1 aliphatic rings. The van der Waals surface area contributed by atoms with Crippen molar-refractivity contribution in [2.75, 3.05) is 18.4 Å². The predicted octanol–water partition coefficient (Wildman–Crippen LogP) is 4.02. The summed E-state index contributed by atoms with van der Waals surface area (Å²) in [6.07, 6.45) is -1.29. The van der Waals surface area contributed by atoms with Crippen molar-refractivity contribution in [2.24, 2.45) is 0 Å². The molecule has 0 atom stereocenters. The van der Waals surface area contributed by atoms with Gasteiger partial charge in [-0.15, -0.1) is 11.3 Å². The van der Waals surface area contributed by atoms with E-state index in [1.807, 2.05) is 0 Å². The van der Waals surface area contributed by atoms with Crippen LogP contribution in [0.25, 0.3) is 0 Å². The van der Waals surface area contributed by atoms with E-state index in [4.69, 9.17) is 0 Å². The number of halogens is 4. The van der Waals surface area contributed by atoms with Crippen LogP contribution in [0.15, 0.2) is 24.4 Å². The second-order valence-corrected chi connectivity index (χ2v) is 6.77. The number of thiazole rings is 1. The molecule has 1 fully saturated rings. The van der Waals surface area contributed by atoms with Gasteiger partial charge in [-0.2, -0.15) is 13.2 Å². The number of nitrogens with zero attached hydrogens (tertiary/aromatic N) is 1. The van der Waals surface area contributed by atoms with Crippen LogP contribution >= 0.6 is 11.3 Å². The van der Waals surface area contributed by atoms with Crippen LogP contribution in [0, 0.1) is 5.82 Å². The van der Waals surface area contributed by atoms with Crippen molar-refractivity contribution < 1.29 is 22.4 Å². The van der Waals surface area contributed by atoms with Gasteiger partial charge in [0.2, 0.25) is 0 Å². The van der Waals surface area contributed by atoms with Crippen LogP contribution in [0.5, 0.6) is 0 Å². The Labute approximate surface area is 145 Å². The van der Waals surface area contributed by atoms with Gasteiger partial charge in [0.25, 0.3) is 5.91 Å². The molecule has 2 N–H and O–H groups in total. The summed E-state index contributed by atoms with van der Waals surface area (Å²) < 4.78 is 52.2. The number of amides is 1. The first kappa shape index (κ1) is 17.8. The van der Waals surface area contributed by atoms with Crippen LogP contribution < -0.4 is 10.6 Å². The van der Waals surface area contributed by atoms with Crippen molar-refractivity contribution in [1.82, 2.24) is 10.3 Å². The lowest BCUT2D eigenvalue weighted by Gasteiger charge is -2.20. The normalized spacial score (nSPS) is 16.0. The molecule has 0 radical (unpaired) electrons. The highest BCUT2D eigenvalue weighted by Gasteiger charge is 2.35. The maximum Gasteiger partial charge on any atom is 0.419 e. The molecule has 0 unspecified atom stereocenters. The van der Waals surface area contributed by atoms with E-state index in [0.717, 1.165) is 42.9 Å². The standard InChI is InChI=1S/C16H15F4N3OS/c17-13-10(2-1-3-11(13)16(18,19)20)14(24)23-15-22-8-12(25-15)9-4-6-21-7-5-9/h1-3,8-9,21H,4-7H2,(H,22,23,24). The van der Waals surface area contributed by atoms with Gasteiger partial charge in [0.05, 0.1) is 11.1 Å². The van der Waals surface area contributed by atoms with Gasteiger partial charge in [0.1, 0.15) is 5.82 Å². The lowest BCUT2D eigenvalue weighted by Crippen LogP contribution is -2.26. The molecule has 25 heavy (non-hydrogen) atoms. The Morgan fingerprint density at radius 3 is 2.68 bits per heavy atom. The Morgan fingerprint density at radius 1 is 1.28 bits per heavy atom. The van der Waals surface area contributed by atoms with E-state index in [0.29, 0.717) is 12.0 Å². The minimum atomic E-state index is -4.86. The molecule has 9 heteroatoms. The van der Waals surface area contributed by atoms with Crippen molar-refractivity contribution in [2.45, 2.75) is 24.9 Å². The van der Waals surface area contributed by atoms with Crippen molar-refractivity contribution in [1.29, 1.82) is 0 Å². The second-order valence-electron chi connectivity index (χ2n) is 5.71. The number of rotatable bonds is 3. The van der Waals surface area contributed by atoms with Gasteiger partial charge < -0.3 is 5.32 Å². The first-order valence-corrected chi connectivity index (χ1v) is 8.51. The summed E-state index contributed by atoms with van der Waals surface area (Å²) in [7, 11) is 0. The fourth-order valence-corrected chi connectivity index (χ4v) is 3.71. The van der Waals surface area contributed by atoms with Gasteiger partial charge in [0, 0.05) is 11.1 Å². The number of alkyl halides is 3. The summed E-state index contributed by atoms with van der Waals surface area (Å²) in [4.78, 5) is 17.2. The molecule has 134 valence electrons. The van der Waals surface area contributed by atoms with Gasteiger partial charge in [-0.25, -0.2) is 9.37 Å². The van der Waals surface area contributed by atoms with Crippen LogP contribution in [-0.4, -0.2) is 24.0 Å². The Morgan fingerprint density at radius 2 is 2.00 bits per heavy atom. The molecule has 0 bridgehead atoms. The minimum Gasteiger partial charge on any atom is -0.317 e. The van der Waals surface area contributed by atoms with E-state index in [1.54, 1.807) is 6.20 Å². The van der Waals surface area contributed by atoms with Gasteiger partial charge in [-0.1, -0.05) is 6.07 Å². The highest BCUT2D eigenvalue weighted by atomic mass is 32.1. The fourth-order valence-electron chi connectivity index (χ4n) is 2.73. The van der Waals surface area contributed by atoms with Gasteiger partial charge in [-0.05, 0) is 44.0 Å². The molecule has 1 amide bonds. The Kier molecular flexibility index (Phi) is 5.05. The molecule has 1 aromatic heterocycles. The average Bonchev–Trinajstić information content (AvgIpc) is 3.03. The SMILES string of the molecule is O=C(Nc1ncc(C2CCNCC2)s1)c1cccc(C(F)(F)F)c1F. The molecule has 0 aliphatic carbocycles. The fraction of sp³-hybridized carbons (Fsp3) is 0.375. The van der Waals surface area contributed by atoms with Gasteiger partial charge >= 0.3 is 6.18 Å². The van der Waals surface area contributed by atoms with Crippen LogP contribution in [0.3, 0.4) is 0 Å². The molecular weight excluding hydrogens is 358 g/mol. The first-order valence-electron chi connectivity index (χ1n) is 7.70. The van der Waals surface area contributed by atoms with E-state index >= 15 is 0 Å². The van der Waals surface area contributed by atoms with Crippen LogP contribution in [0.4, 0.5) is 22.7 Å². The number of anilines is 1. The molecule has 1 aromatic carbocycles. The van der Waals surface area contributed by atoms with E-state index in [-0.39, 0.29) is 5.13 Å². The van der Waals surface area contributed by atoms with Crippen LogP contribution in [0.2, 0.25) is 0 Å². The summed E-state index contributed by atoms with van der Waals surface area (Å²) in [5, 5.41) is 5.88. The van der Waals surface area contributed by atoms with E-state index in [1.165, 1.54) is 11.3 Å². The average molecular weight is 373 g/mol. The lowest BCUT2D eigenvalue weighted by atomic mass is 9.97. The third-order valence-corrected chi connectivity index (χ3v) is 5.11. The van der Waals surface area contributed by atoms with Crippen molar-refractivity contribution in [3.63, 3.8) is 0 Å². The number of benzene rings is 1. The summed E-state index contributed by atoms with van der Waals surface area (Å²) in [5.41, 5.74) is -2.12. The molecule has 0 saturated carbocycles. The number of hydrogen-bond acceptors (Lipinski definition) is 4. The maximum atomic E-state index is 14.0. The third kappa shape index (κ3) is 3.98. The number of piperidine rings is 1. The van der Waals surface area contributed by atoms with Crippen molar-refractivity contribution >= 4 is 22.4 Å². The third-order valence-electron chi connectivity index (χ3n) is 4.03. The van der Waals surface area contributed by atoms with Crippen LogP contribution in [0.1, 0.15) is 39.6 Å². The van der Waals surface area contributed by atoms with Crippen LogP contribution in [-0.2, 0) is 6.18 Å². The number of carbonyl (C=O) groups excluding carboxylic acids is 1. The molecule has 0 spiro atoms. The highest BCUT2D eigenvalue weighted by Crippen LogP contribution is 2.34. The van der Waals surface area contributed by atoms with E-state index in [9.17, 15) is 22.4 Å². The monoisotopic (exact) mass is 373 g/mol. The first-order chi connectivity index (χ1) is 11.9. The van der Waals surface area contributed by atoms with Crippen molar-refractivity contribution in [3.05, 3.63) is 46.2 Å². The number of aromatic nitrogens is 1. The largest absolute Gasteiger partial charge is 0.419 e. The molecule has 1 saturated heterocycles. The Hall–Kier alpha value is -2.00. The second kappa shape index (κ2) is 7.09. The molecular formula is C16H15F4N3OS. The van der Waals surface area contributed by atoms with Gasteiger partial charge in [0.15, 0.2) is 5.13 Å². The van der Waals surface area contributed by atoms with Gasteiger partial charge in [-0.3, -0.25) is 10.1 Å². The highest BCUT2D eigenvalue weighted by molar-refractivity contribution is 7.15. The maximum absolute atomic E-state index is 14.0. The minimum absolute atomic E-state index is 0.246. The molecule has 2 heterocycles. The number of hydrogen-bond donors (Lipinski definition) is 2.